The first-order valence-corrected chi connectivity index (χ1v) is 8.08. The van der Waals surface area contributed by atoms with Crippen LogP contribution in [0.3, 0.4) is 0 Å². The van der Waals surface area contributed by atoms with Crippen LogP contribution in [0.5, 0.6) is 0 Å². The Balaban J connectivity index is 1.87. The molecular formula is C13H20N6S. The summed E-state index contributed by atoms with van der Waals surface area (Å²) < 4.78 is 2.22. The average Bonchev–Trinajstić information content (AvgIpc) is 2.89. The topological polar surface area (TPSA) is 72.3 Å². The molecule has 0 aromatic carbocycles. The number of piperidine rings is 1. The zero-order chi connectivity index (χ0) is 14.2. The molecule has 0 bridgehead atoms. The van der Waals surface area contributed by atoms with E-state index in [4.69, 9.17) is 5.73 Å². The maximum atomic E-state index is 5.95. The van der Waals surface area contributed by atoms with Gasteiger partial charge in [0, 0.05) is 36.8 Å². The van der Waals surface area contributed by atoms with E-state index in [1.54, 1.807) is 0 Å². The highest BCUT2D eigenvalue weighted by molar-refractivity contribution is 8.00. The fraction of sp³-hybridized carbons (Fsp3) is 0.615. The van der Waals surface area contributed by atoms with Crippen molar-refractivity contribution in [2.45, 2.75) is 24.5 Å². The van der Waals surface area contributed by atoms with Crippen molar-refractivity contribution in [1.29, 1.82) is 0 Å². The molecule has 2 N–H and O–H groups in total. The van der Waals surface area contributed by atoms with E-state index in [0.29, 0.717) is 0 Å². The molecule has 1 fully saturated rings. The number of nitrogens with zero attached hydrogens (tertiary/aromatic N) is 5. The van der Waals surface area contributed by atoms with Crippen molar-refractivity contribution in [3.05, 3.63) is 18.2 Å². The maximum absolute atomic E-state index is 5.95. The minimum atomic E-state index is 0.227. The highest BCUT2D eigenvalue weighted by Crippen LogP contribution is 2.35. The van der Waals surface area contributed by atoms with Gasteiger partial charge >= 0.3 is 0 Å². The van der Waals surface area contributed by atoms with Crippen LogP contribution in [-0.4, -0.2) is 50.2 Å². The highest BCUT2D eigenvalue weighted by atomic mass is 32.2. The van der Waals surface area contributed by atoms with E-state index in [9.17, 15) is 0 Å². The second-order valence-electron chi connectivity index (χ2n) is 5.27. The van der Waals surface area contributed by atoms with Gasteiger partial charge in [0.25, 0.3) is 0 Å². The summed E-state index contributed by atoms with van der Waals surface area (Å²) >= 11 is 1.89. The molecule has 2 aromatic heterocycles. The molecule has 1 saturated heterocycles. The fourth-order valence-corrected chi connectivity index (χ4v) is 3.53. The number of hydrogen-bond acceptors (Lipinski definition) is 6. The van der Waals surface area contributed by atoms with Crippen molar-refractivity contribution in [3.63, 3.8) is 0 Å². The summed E-state index contributed by atoms with van der Waals surface area (Å²) in [5.41, 5.74) is 6.79. The predicted octanol–water partition coefficient (Wildman–Crippen LogP) is 1.09. The molecular weight excluding hydrogens is 272 g/mol. The second kappa shape index (κ2) is 5.21. The summed E-state index contributed by atoms with van der Waals surface area (Å²) in [6.45, 7) is 4.63. The smallest absolute Gasteiger partial charge is 0.203 e. The van der Waals surface area contributed by atoms with Gasteiger partial charge in [-0.25, -0.2) is 4.98 Å². The van der Waals surface area contributed by atoms with Crippen LogP contribution in [0.25, 0.3) is 5.65 Å². The van der Waals surface area contributed by atoms with Crippen molar-refractivity contribution < 1.29 is 0 Å². The average molecular weight is 292 g/mol. The molecule has 0 saturated carbocycles. The summed E-state index contributed by atoms with van der Waals surface area (Å²) in [5, 5.41) is 8.38. The Morgan fingerprint density at radius 2 is 2.10 bits per heavy atom. The lowest BCUT2D eigenvalue weighted by atomic mass is 9.96. The number of anilines is 1. The molecule has 7 heteroatoms. The van der Waals surface area contributed by atoms with Crippen LogP contribution in [0.2, 0.25) is 0 Å². The van der Waals surface area contributed by atoms with Crippen molar-refractivity contribution in [3.8, 4) is 0 Å². The Morgan fingerprint density at radius 3 is 2.75 bits per heavy atom. The van der Waals surface area contributed by atoms with Crippen molar-refractivity contribution >= 4 is 23.2 Å². The Labute approximate surface area is 122 Å². The molecule has 3 rings (SSSR count). The summed E-state index contributed by atoms with van der Waals surface area (Å²) in [6, 6.07) is 0. The van der Waals surface area contributed by atoms with Gasteiger partial charge < -0.3 is 10.6 Å². The zero-order valence-corrected chi connectivity index (χ0v) is 12.7. The summed E-state index contributed by atoms with van der Waals surface area (Å²) in [5.74, 6) is 1.82. The van der Waals surface area contributed by atoms with Crippen molar-refractivity contribution in [1.82, 2.24) is 19.6 Å². The first-order valence-electron chi connectivity index (χ1n) is 6.86. The van der Waals surface area contributed by atoms with Crippen LogP contribution < -0.4 is 10.6 Å². The molecule has 108 valence electrons. The molecule has 0 amide bonds. The molecule has 0 unspecified atom stereocenters. The van der Waals surface area contributed by atoms with E-state index in [0.717, 1.165) is 49.8 Å². The monoisotopic (exact) mass is 292 g/mol. The molecule has 0 atom stereocenters. The van der Waals surface area contributed by atoms with Crippen LogP contribution in [-0.2, 0) is 0 Å². The van der Waals surface area contributed by atoms with Crippen molar-refractivity contribution in [2.24, 2.45) is 5.73 Å². The van der Waals surface area contributed by atoms with E-state index >= 15 is 0 Å². The number of thioether (sulfide) groups is 1. The van der Waals surface area contributed by atoms with Gasteiger partial charge in [-0.05, 0) is 26.0 Å². The fourth-order valence-electron chi connectivity index (χ4n) is 2.77. The van der Waals surface area contributed by atoms with Crippen LogP contribution >= 0.6 is 11.8 Å². The number of rotatable bonds is 3. The van der Waals surface area contributed by atoms with Crippen LogP contribution in [0.15, 0.2) is 12.4 Å². The van der Waals surface area contributed by atoms with Gasteiger partial charge in [0.1, 0.15) is 5.82 Å². The minimum absolute atomic E-state index is 0.227. The number of hydrogen-bond donors (Lipinski definition) is 1. The highest BCUT2D eigenvalue weighted by Gasteiger charge is 2.33. The maximum Gasteiger partial charge on any atom is 0.203 e. The SMILES string of the molecule is CSC1(CN)CCN(c2nccn3c(C)nnc23)CC1. The Kier molecular flexibility index (Phi) is 3.55. The number of aryl methyl sites for hydroxylation is 1. The van der Waals surface area contributed by atoms with Crippen LogP contribution in [0.1, 0.15) is 18.7 Å². The third kappa shape index (κ3) is 2.14. The number of nitrogens with two attached hydrogens (primary N) is 1. The molecule has 20 heavy (non-hydrogen) atoms. The summed E-state index contributed by atoms with van der Waals surface area (Å²) in [4.78, 5) is 6.81. The quantitative estimate of drug-likeness (QED) is 0.913. The van der Waals surface area contributed by atoms with Gasteiger partial charge in [-0.15, -0.1) is 10.2 Å². The minimum Gasteiger partial charge on any atom is -0.353 e. The van der Waals surface area contributed by atoms with Gasteiger partial charge in [-0.1, -0.05) is 0 Å². The van der Waals surface area contributed by atoms with Gasteiger partial charge in [0.15, 0.2) is 5.82 Å². The molecule has 0 spiro atoms. The van der Waals surface area contributed by atoms with Crippen LogP contribution in [0, 0.1) is 6.92 Å². The van der Waals surface area contributed by atoms with E-state index in [1.165, 1.54) is 0 Å². The van der Waals surface area contributed by atoms with Gasteiger partial charge in [-0.2, -0.15) is 11.8 Å². The molecule has 6 nitrogen and oxygen atoms in total. The van der Waals surface area contributed by atoms with E-state index < -0.39 is 0 Å². The second-order valence-corrected chi connectivity index (χ2v) is 6.54. The van der Waals surface area contributed by atoms with Crippen LogP contribution in [0.4, 0.5) is 5.82 Å². The lowest BCUT2D eigenvalue weighted by molar-refractivity contribution is 0.455. The molecule has 1 aliphatic rings. The van der Waals surface area contributed by atoms with Gasteiger partial charge in [-0.3, -0.25) is 4.40 Å². The van der Waals surface area contributed by atoms with E-state index in [1.807, 2.05) is 35.5 Å². The molecule has 0 radical (unpaired) electrons. The lowest BCUT2D eigenvalue weighted by Crippen LogP contribution is -2.46. The van der Waals surface area contributed by atoms with Gasteiger partial charge in [0.05, 0.1) is 0 Å². The van der Waals surface area contributed by atoms with E-state index in [-0.39, 0.29) is 4.75 Å². The van der Waals surface area contributed by atoms with Gasteiger partial charge in [0.2, 0.25) is 5.65 Å². The zero-order valence-electron chi connectivity index (χ0n) is 11.9. The third-order valence-corrected chi connectivity index (χ3v) is 5.70. The number of fused-ring (bicyclic) bond motifs is 1. The summed E-state index contributed by atoms with van der Waals surface area (Å²) in [6.07, 6.45) is 8.05. The third-order valence-electron chi connectivity index (χ3n) is 4.26. The normalized spacial score (nSPS) is 18.6. The first-order chi connectivity index (χ1) is 9.69. The van der Waals surface area contributed by atoms with E-state index in [2.05, 4.69) is 26.3 Å². The molecule has 3 heterocycles. The Morgan fingerprint density at radius 1 is 1.35 bits per heavy atom. The molecule has 0 aliphatic carbocycles. The van der Waals surface area contributed by atoms with Crippen molar-refractivity contribution in [2.75, 3.05) is 30.8 Å². The molecule has 1 aliphatic heterocycles. The number of aromatic nitrogens is 4. The summed E-state index contributed by atoms with van der Waals surface area (Å²) in [7, 11) is 0. The largest absolute Gasteiger partial charge is 0.353 e. The Bertz CT molecular complexity index is 596. The molecule has 2 aromatic rings. The first kappa shape index (κ1) is 13.6. The lowest BCUT2D eigenvalue weighted by Gasteiger charge is -2.40. The predicted molar refractivity (Wildman–Crippen MR) is 82.3 cm³/mol. The Hall–Kier alpha value is -1.34. The standard InChI is InChI=1S/C13H20N6S/c1-10-16-17-12-11(15-5-8-19(10)12)18-6-3-13(9-14,20-2)4-7-18/h5,8H,3-4,6-7,9,14H2,1-2H3.